The summed E-state index contributed by atoms with van der Waals surface area (Å²) in [7, 11) is 1.81. The summed E-state index contributed by atoms with van der Waals surface area (Å²) in [5, 5.41) is 0. The lowest BCUT2D eigenvalue weighted by Gasteiger charge is -2.24. The lowest BCUT2D eigenvalue weighted by Crippen LogP contribution is -2.38. The highest BCUT2D eigenvalue weighted by Gasteiger charge is 2.24. The monoisotopic (exact) mass is 281 g/mol. The zero-order valence-corrected chi connectivity index (χ0v) is 12.1. The van der Waals surface area contributed by atoms with Crippen molar-refractivity contribution in [2.45, 2.75) is 6.42 Å². The van der Waals surface area contributed by atoms with Crippen molar-refractivity contribution in [1.29, 1.82) is 0 Å². The van der Waals surface area contributed by atoms with E-state index in [0.717, 1.165) is 30.0 Å². The highest BCUT2D eigenvalue weighted by atomic mass is 16.2. The summed E-state index contributed by atoms with van der Waals surface area (Å²) in [6, 6.07) is 15.6. The fourth-order valence-electron chi connectivity index (χ4n) is 2.79. The molecule has 0 aliphatic carbocycles. The Kier molecular flexibility index (Phi) is 3.52. The number of rotatable bonds is 3. The molecule has 4 heteroatoms. The number of para-hydroxylation sites is 2. The van der Waals surface area contributed by atoms with E-state index in [-0.39, 0.29) is 5.91 Å². The molecule has 0 bridgehead atoms. The maximum absolute atomic E-state index is 12.5. The van der Waals surface area contributed by atoms with Gasteiger partial charge in [0, 0.05) is 19.3 Å². The van der Waals surface area contributed by atoms with E-state index in [1.165, 1.54) is 5.56 Å². The van der Waals surface area contributed by atoms with Crippen LogP contribution in [0.2, 0.25) is 0 Å². The third-order valence-electron chi connectivity index (χ3n) is 3.96. The van der Waals surface area contributed by atoms with Gasteiger partial charge in [-0.05, 0) is 30.2 Å². The molecule has 2 aromatic rings. The quantitative estimate of drug-likeness (QED) is 0.878. The first kappa shape index (κ1) is 13.5. The molecular weight excluding hydrogens is 262 g/mol. The molecule has 1 aliphatic heterocycles. The molecule has 0 saturated carbocycles. The number of anilines is 3. The maximum Gasteiger partial charge on any atom is 0.246 e. The van der Waals surface area contributed by atoms with Crippen molar-refractivity contribution in [1.82, 2.24) is 0 Å². The van der Waals surface area contributed by atoms with Gasteiger partial charge in [-0.2, -0.15) is 0 Å². The number of nitrogens with two attached hydrogens (primary N) is 1. The second kappa shape index (κ2) is 5.48. The summed E-state index contributed by atoms with van der Waals surface area (Å²) < 4.78 is 0. The van der Waals surface area contributed by atoms with Gasteiger partial charge in [0.15, 0.2) is 0 Å². The zero-order chi connectivity index (χ0) is 14.8. The Bertz CT molecular complexity index is 654. The molecule has 1 amide bonds. The third-order valence-corrected chi connectivity index (χ3v) is 3.96. The fraction of sp³-hybridized carbons (Fsp3) is 0.235. The number of nitrogens with zero attached hydrogens (tertiary/aromatic N) is 2. The maximum atomic E-state index is 12.5. The van der Waals surface area contributed by atoms with Gasteiger partial charge in [0.05, 0.1) is 17.9 Å². The second-order valence-electron chi connectivity index (χ2n) is 5.31. The number of benzene rings is 2. The molecule has 0 unspecified atom stereocenters. The zero-order valence-electron chi connectivity index (χ0n) is 12.1. The van der Waals surface area contributed by atoms with E-state index < -0.39 is 0 Å². The highest BCUT2D eigenvalue weighted by Crippen LogP contribution is 2.33. The van der Waals surface area contributed by atoms with Gasteiger partial charge in [0.1, 0.15) is 0 Å². The molecule has 0 atom stereocenters. The smallest absolute Gasteiger partial charge is 0.246 e. The topological polar surface area (TPSA) is 49.6 Å². The molecule has 21 heavy (non-hydrogen) atoms. The minimum atomic E-state index is 0.0669. The Hall–Kier alpha value is -2.49. The van der Waals surface area contributed by atoms with Gasteiger partial charge in [-0.1, -0.05) is 30.3 Å². The molecule has 108 valence electrons. The molecular formula is C17H19N3O. The first-order chi connectivity index (χ1) is 10.2. The molecule has 1 heterocycles. The van der Waals surface area contributed by atoms with Crippen molar-refractivity contribution in [2.24, 2.45) is 0 Å². The first-order valence-electron chi connectivity index (χ1n) is 7.11. The van der Waals surface area contributed by atoms with Crippen LogP contribution >= 0.6 is 0 Å². The van der Waals surface area contributed by atoms with Gasteiger partial charge in [-0.25, -0.2) is 0 Å². The van der Waals surface area contributed by atoms with Crippen LogP contribution in [0.4, 0.5) is 17.1 Å². The molecule has 2 N–H and O–H groups in total. The largest absolute Gasteiger partial charge is 0.397 e. The second-order valence-corrected chi connectivity index (χ2v) is 5.31. The standard InChI is InChI=1S/C17H19N3O/c1-19(14-7-3-2-4-8-14)16(21)12-20-11-10-13-6-5-9-15(18)17(13)20/h2-9H,10-12,18H2,1H3. The normalized spacial score (nSPS) is 13.1. The van der Waals surface area contributed by atoms with Crippen LogP contribution in [-0.2, 0) is 11.2 Å². The average molecular weight is 281 g/mol. The number of fused-ring (bicyclic) bond motifs is 1. The summed E-state index contributed by atoms with van der Waals surface area (Å²) >= 11 is 0. The van der Waals surface area contributed by atoms with Crippen LogP contribution in [0.3, 0.4) is 0 Å². The van der Waals surface area contributed by atoms with E-state index in [2.05, 4.69) is 11.0 Å². The van der Waals surface area contributed by atoms with Crippen molar-refractivity contribution < 1.29 is 4.79 Å². The van der Waals surface area contributed by atoms with Gasteiger partial charge < -0.3 is 15.5 Å². The lowest BCUT2D eigenvalue weighted by molar-refractivity contribution is -0.117. The van der Waals surface area contributed by atoms with Crippen LogP contribution in [0.25, 0.3) is 0 Å². The van der Waals surface area contributed by atoms with Crippen molar-refractivity contribution in [2.75, 3.05) is 35.7 Å². The van der Waals surface area contributed by atoms with E-state index in [1.54, 1.807) is 4.90 Å². The highest BCUT2D eigenvalue weighted by molar-refractivity contribution is 5.96. The number of amides is 1. The van der Waals surface area contributed by atoms with Gasteiger partial charge in [0.25, 0.3) is 0 Å². The number of carbonyl (C=O) groups is 1. The SMILES string of the molecule is CN(C(=O)CN1CCc2cccc(N)c21)c1ccccc1. The summed E-state index contributed by atoms with van der Waals surface area (Å²) in [4.78, 5) is 16.2. The molecule has 1 aliphatic rings. The Morgan fingerprint density at radius 1 is 1.19 bits per heavy atom. The molecule has 0 spiro atoms. The predicted molar refractivity (Wildman–Crippen MR) is 86.6 cm³/mol. The minimum Gasteiger partial charge on any atom is -0.397 e. The Morgan fingerprint density at radius 2 is 1.95 bits per heavy atom. The van der Waals surface area contributed by atoms with Crippen molar-refractivity contribution >= 4 is 23.0 Å². The Labute approximate surface area is 124 Å². The number of hydrogen-bond acceptors (Lipinski definition) is 3. The van der Waals surface area contributed by atoms with Gasteiger partial charge in [-0.15, -0.1) is 0 Å². The van der Waals surface area contributed by atoms with E-state index in [9.17, 15) is 4.79 Å². The van der Waals surface area contributed by atoms with E-state index in [0.29, 0.717) is 6.54 Å². The first-order valence-corrected chi connectivity index (χ1v) is 7.11. The number of carbonyl (C=O) groups excluding carboxylic acids is 1. The number of hydrogen-bond donors (Lipinski definition) is 1. The van der Waals surface area contributed by atoms with Crippen LogP contribution in [0, 0.1) is 0 Å². The molecule has 4 nitrogen and oxygen atoms in total. The molecule has 0 saturated heterocycles. The van der Waals surface area contributed by atoms with Crippen molar-refractivity contribution in [3.05, 3.63) is 54.1 Å². The van der Waals surface area contributed by atoms with E-state index in [1.807, 2.05) is 49.5 Å². The summed E-state index contributed by atoms with van der Waals surface area (Å²) in [6.45, 7) is 1.20. The van der Waals surface area contributed by atoms with E-state index in [4.69, 9.17) is 5.73 Å². The Balaban J connectivity index is 1.76. The number of nitrogen functional groups attached to an aromatic ring is 1. The van der Waals surface area contributed by atoms with E-state index >= 15 is 0 Å². The van der Waals surface area contributed by atoms with Gasteiger partial charge >= 0.3 is 0 Å². The average Bonchev–Trinajstić information content (AvgIpc) is 2.92. The van der Waals surface area contributed by atoms with Crippen molar-refractivity contribution in [3.8, 4) is 0 Å². The van der Waals surface area contributed by atoms with Crippen LogP contribution in [0.5, 0.6) is 0 Å². The van der Waals surface area contributed by atoms with Crippen LogP contribution in [0.1, 0.15) is 5.56 Å². The molecule has 2 aromatic carbocycles. The van der Waals surface area contributed by atoms with Crippen LogP contribution in [-0.4, -0.2) is 26.0 Å². The molecule has 3 rings (SSSR count). The van der Waals surface area contributed by atoms with Gasteiger partial charge in [0.2, 0.25) is 5.91 Å². The van der Waals surface area contributed by atoms with Gasteiger partial charge in [-0.3, -0.25) is 4.79 Å². The lowest BCUT2D eigenvalue weighted by atomic mass is 10.1. The van der Waals surface area contributed by atoms with Crippen LogP contribution < -0.4 is 15.5 Å². The summed E-state index contributed by atoms with van der Waals surface area (Å²) in [5.74, 6) is 0.0669. The summed E-state index contributed by atoms with van der Waals surface area (Å²) in [5.41, 5.74) is 9.96. The summed E-state index contributed by atoms with van der Waals surface area (Å²) in [6.07, 6.45) is 0.947. The fourth-order valence-corrected chi connectivity index (χ4v) is 2.79. The predicted octanol–water partition coefficient (Wildman–Crippen LogP) is 2.29. The Morgan fingerprint density at radius 3 is 2.71 bits per heavy atom. The van der Waals surface area contributed by atoms with Crippen LogP contribution in [0.15, 0.2) is 48.5 Å². The third kappa shape index (κ3) is 2.57. The molecule has 0 fully saturated rings. The minimum absolute atomic E-state index is 0.0669. The van der Waals surface area contributed by atoms with Crippen molar-refractivity contribution in [3.63, 3.8) is 0 Å². The number of likely N-dealkylation sites (N-methyl/N-ethyl adjacent to an activating group) is 1. The molecule has 0 radical (unpaired) electrons. The molecule has 0 aromatic heterocycles.